The van der Waals surface area contributed by atoms with E-state index in [1.165, 1.54) is 0 Å². The maximum absolute atomic E-state index is 12.1. The van der Waals surface area contributed by atoms with Gasteiger partial charge in [-0.2, -0.15) is 39.5 Å². The lowest BCUT2D eigenvalue weighted by Gasteiger charge is -2.21. The second kappa shape index (κ2) is 5.34. The largest absolute Gasteiger partial charge is 0.502 e. The Morgan fingerprint density at radius 1 is 0.455 bits per heavy atom. The van der Waals surface area contributed by atoms with Crippen LogP contribution in [-0.2, 0) is 28.4 Å². The molecular formula is C3F9O6PS3. The molecule has 0 aromatic carbocycles. The van der Waals surface area contributed by atoms with Crippen molar-refractivity contribution in [2.24, 2.45) is 0 Å². The lowest BCUT2D eigenvalue weighted by molar-refractivity contribution is -0.0422. The van der Waals surface area contributed by atoms with Crippen molar-refractivity contribution in [1.29, 1.82) is 0 Å². The molecule has 0 saturated carbocycles. The molecule has 0 bridgehead atoms. The van der Waals surface area contributed by atoms with Gasteiger partial charge in [-0.25, -0.2) is 25.3 Å². The average molecular weight is 430 g/mol. The Hall–Kier alpha value is -0.350. The summed E-state index contributed by atoms with van der Waals surface area (Å²) >= 11 is 0. The van der Waals surface area contributed by atoms with Crippen LogP contribution in [0.3, 0.4) is 0 Å². The van der Waals surface area contributed by atoms with Gasteiger partial charge in [-0.05, 0) is 0 Å². The summed E-state index contributed by atoms with van der Waals surface area (Å²) < 4.78 is 173. The summed E-state index contributed by atoms with van der Waals surface area (Å²) in [6.07, 6.45) is 0. The maximum Gasteiger partial charge on any atom is 0.502 e. The first-order valence-corrected chi connectivity index (χ1v) is 11.5. The predicted octanol–water partition coefficient (Wildman–Crippen LogP) is 2.02. The molecule has 0 saturated heterocycles. The van der Waals surface area contributed by atoms with E-state index >= 15 is 0 Å². The van der Waals surface area contributed by atoms with Crippen molar-refractivity contribution in [3.05, 3.63) is 0 Å². The highest BCUT2D eigenvalue weighted by atomic mass is 33.4. The predicted molar refractivity (Wildman–Crippen MR) is 51.8 cm³/mol. The third kappa shape index (κ3) is 3.43. The van der Waals surface area contributed by atoms with Gasteiger partial charge >= 0.3 is 16.5 Å². The van der Waals surface area contributed by atoms with Crippen molar-refractivity contribution in [3.63, 3.8) is 0 Å². The first-order valence-electron chi connectivity index (χ1n) is 3.86. The Kier molecular flexibility index (Phi) is 5.25. The summed E-state index contributed by atoms with van der Waals surface area (Å²) in [7, 11) is -23.6. The van der Waals surface area contributed by atoms with Gasteiger partial charge in [0.1, 0.15) is 0 Å². The summed E-state index contributed by atoms with van der Waals surface area (Å²) in [4.78, 5) is 0. The van der Waals surface area contributed by atoms with E-state index in [-0.39, 0.29) is 0 Å². The molecule has 0 radical (unpaired) electrons. The summed E-state index contributed by atoms with van der Waals surface area (Å²) in [5.74, 6) is 0. The maximum atomic E-state index is 12.1. The number of rotatable bonds is 3. The van der Waals surface area contributed by atoms with Crippen molar-refractivity contribution in [2.75, 3.05) is 0 Å². The van der Waals surface area contributed by atoms with Crippen LogP contribution >= 0.6 is 5.53 Å². The normalized spacial score (nSPS) is 16.1. The van der Waals surface area contributed by atoms with Crippen molar-refractivity contribution < 1.29 is 64.8 Å². The molecule has 0 aliphatic heterocycles. The van der Waals surface area contributed by atoms with E-state index in [1.807, 2.05) is 0 Å². The highest BCUT2D eigenvalue weighted by molar-refractivity contribution is 9.06. The lowest BCUT2D eigenvalue weighted by Crippen LogP contribution is -2.36. The minimum absolute atomic E-state index is 6.71. The molecule has 0 amide bonds. The van der Waals surface area contributed by atoms with Crippen LogP contribution < -0.4 is 0 Å². The Bertz CT molecular complexity index is 631. The van der Waals surface area contributed by atoms with E-state index in [1.54, 1.807) is 0 Å². The Labute approximate surface area is 116 Å². The number of alkyl halides is 9. The van der Waals surface area contributed by atoms with Crippen LogP contribution in [0.1, 0.15) is 0 Å². The molecule has 0 aliphatic rings. The van der Waals surface area contributed by atoms with Crippen molar-refractivity contribution in [1.82, 2.24) is 0 Å². The van der Waals surface area contributed by atoms with Gasteiger partial charge in [0, 0.05) is 0 Å². The van der Waals surface area contributed by atoms with Crippen LogP contribution in [0.4, 0.5) is 39.5 Å². The minimum atomic E-state index is -7.87. The van der Waals surface area contributed by atoms with Crippen LogP contribution in [0.5, 0.6) is 0 Å². The van der Waals surface area contributed by atoms with Crippen LogP contribution in [0.25, 0.3) is 0 Å². The van der Waals surface area contributed by atoms with Gasteiger partial charge in [-0.1, -0.05) is 0 Å². The standard InChI is InChI=1S/C3F9O6PS3/c4-1(5,6)20(13,14)19(21(15,16)2(7,8)9)22(17,18)3(10,11)12. The summed E-state index contributed by atoms with van der Waals surface area (Å²) in [5.41, 5.74) is -27.7. The third-order valence-electron chi connectivity index (χ3n) is 1.47. The van der Waals surface area contributed by atoms with Crippen LogP contribution in [-0.4, -0.2) is 41.8 Å². The van der Waals surface area contributed by atoms with E-state index < -0.39 is 50.4 Å². The zero-order chi connectivity index (χ0) is 18.6. The number of halogens is 9. The van der Waals surface area contributed by atoms with Gasteiger partial charge in [0.2, 0.25) is 0 Å². The molecule has 0 atom stereocenters. The SMILES string of the molecule is O=S(=O)(P(S(=O)(=O)C(F)(F)F)S(=O)(=O)C(F)(F)F)C(F)(F)F. The molecule has 0 heterocycles. The molecule has 134 valence electrons. The van der Waals surface area contributed by atoms with Crippen LogP contribution in [0.15, 0.2) is 0 Å². The van der Waals surface area contributed by atoms with Crippen LogP contribution in [0.2, 0.25) is 0 Å². The van der Waals surface area contributed by atoms with E-state index in [0.29, 0.717) is 0 Å². The van der Waals surface area contributed by atoms with Gasteiger partial charge in [0.05, 0.1) is 0 Å². The second-order valence-corrected chi connectivity index (χ2v) is 17.4. The molecule has 0 rings (SSSR count). The molecule has 0 spiro atoms. The Balaban J connectivity index is 7.00. The molecule has 0 aromatic heterocycles. The molecule has 0 fully saturated rings. The fraction of sp³-hybridized carbons (Fsp3) is 1.00. The van der Waals surface area contributed by atoms with E-state index in [0.717, 1.165) is 0 Å². The minimum Gasteiger partial charge on any atom is -0.213 e. The number of hydrogen-bond donors (Lipinski definition) is 0. The fourth-order valence-electron chi connectivity index (χ4n) is 0.641. The molecule has 0 unspecified atom stereocenters. The van der Waals surface area contributed by atoms with Crippen molar-refractivity contribution in [2.45, 2.75) is 16.5 Å². The zero-order valence-electron chi connectivity index (χ0n) is 9.02. The Morgan fingerprint density at radius 3 is 0.682 bits per heavy atom. The van der Waals surface area contributed by atoms with E-state index in [4.69, 9.17) is 0 Å². The topological polar surface area (TPSA) is 102 Å². The van der Waals surface area contributed by atoms with Crippen molar-refractivity contribution >= 4 is 33.9 Å². The highest BCUT2D eigenvalue weighted by Gasteiger charge is 2.73. The van der Waals surface area contributed by atoms with Gasteiger partial charge in [-0.3, -0.25) is 0 Å². The third-order valence-corrected chi connectivity index (χ3v) is 20.4. The van der Waals surface area contributed by atoms with Gasteiger partial charge in [0.15, 0.2) is 0 Å². The van der Waals surface area contributed by atoms with E-state index in [9.17, 15) is 64.8 Å². The smallest absolute Gasteiger partial charge is 0.213 e. The number of hydrogen-bond acceptors (Lipinski definition) is 6. The average Bonchev–Trinajstić information content (AvgIpc) is 2.09. The highest BCUT2D eigenvalue weighted by Crippen LogP contribution is 2.67. The molecular weight excluding hydrogens is 430 g/mol. The monoisotopic (exact) mass is 430 g/mol. The first kappa shape index (κ1) is 21.6. The summed E-state index contributed by atoms with van der Waals surface area (Å²) in [6, 6.07) is 0. The molecule has 0 aromatic rings. The second-order valence-electron chi connectivity index (χ2n) is 2.99. The Morgan fingerprint density at radius 2 is 0.591 bits per heavy atom. The molecule has 6 nitrogen and oxygen atoms in total. The van der Waals surface area contributed by atoms with Gasteiger partial charge < -0.3 is 0 Å². The van der Waals surface area contributed by atoms with Gasteiger partial charge in [-0.15, -0.1) is 0 Å². The molecule has 0 N–H and O–H groups in total. The fourth-order valence-corrected chi connectivity index (χ4v) is 17.3. The lowest BCUT2D eigenvalue weighted by atomic mass is 11.6. The summed E-state index contributed by atoms with van der Waals surface area (Å²) in [5, 5.41) is 0. The molecule has 22 heavy (non-hydrogen) atoms. The quantitative estimate of drug-likeness (QED) is 0.502. The van der Waals surface area contributed by atoms with Gasteiger partial charge in [0.25, 0.3) is 33.9 Å². The van der Waals surface area contributed by atoms with Crippen molar-refractivity contribution in [3.8, 4) is 0 Å². The van der Waals surface area contributed by atoms with E-state index in [2.05, 4.69) is 0 Å². The first-order chi connectivity index (χ1) is 9.12. The molecule has 19 heteroatoms. The zero-order valence-corrected chi connectivity index (χ0v) is 12.4. The van der Waals surface area contributed by atoms with Crippen LogP contribution in [0, 0.1) is 0 Å². The summed E-state index contributed by atoms with van der Waals surface area (Å²) in [6.45, 7) is 0. The molecule has 0 aliphatic carbocycles.